The molecule has 0 aliphatic heterocycles. The number of hydrogen-bond acceptors (Lipinski definition) is 5. The van der Waals surface area contributed by atoms with Crippen LogP contribution < -0.4 is 5.73 Å². The molecule has 0 bridgehead atoms. The first-order chi connectivity index (χ1) is 6.79. The topological polar surface area (TPSA) is 51.8 Å². The Bertz CT molecular complexity index is 419. The maximum Gasteiger partial charge on any atom is 0.152 e. The Morgan fingerprint density at radius 3 is 2.57 bits per heavy atom. The predicted molar refractivity (Wildman–Crippen MR) is 60.7 cm³/mol. The summed E-state index contributed by atoms with van der Waals surface area (Å²) >= 11 is 3.28. The summed E-state index contributed by atoms with van der Waals surface area (Å²) in [5, 5.41) is 6.11. The number of thiazole rings is 2. The van der Waals surface area contributed by atoms with Crippen molar-refractivity contribution in [2.45, 2.75) is 13.3 Å². The SMILES string of the molecule is Cc1csc(-c2nc(CCN)cs2)n1. The molecule has 3 nitrogen and oxygen atoms in total. The third-order valence-corrected chi connectivity index (χ3v) is 3.75. The van der Waals surface area contributed by atoms with Gasteiger partial charge in [0.05, 0.1) is 5.69 Å². The van der Waals surface area contributed by atoms with Crippen molar-refractivity contribution in [3.05, 3.63) is 22.1 Å². The van der Waals surface area contributed by atoms with Gasteiger partial charge in [0.2, 0.25) is 0 Å². The van der Waals surface area contributed by atoms with Gasteiger partial charge in [0.1, 0.15) is 0 Å². The molecule has 0 spiro atoms. The lowest BCUT2D eigenvalue weighted by molar-refractivity contribution is 0.936. The monoisotopic (exact) mass is 225 g/mol. The molecule has 14 heavy (non-hydrogen) atoms. The minimum absolute atomic E-state index is 0.653. The zero-order chi connectivity index (χ0) is 9.97. The van der Waals surface area contributed by atoms with Crippen molar-refractivity contribution in [2.24, 2.45) is 5.73 Å². The lowest BCUT2D eigenvalue weighted by Gasteiger charge is -1.88. The molecule has 2 aromatic heterocycles. The second-order valence-corrected chi connectivity index (χ2v) is 4.69. The molecule has 0 fully saturated rings. The molecule has 0 aliphatic rings. The number of aromatic nitrogens is 2. The molecule has 2 rings (SSSR count). The van der Waals surface area contributed by atoms with E-state index in [1.807, 2.05) is 12.3 Å². The molecule has 0 saturated heterocycles. The minimum Gasteiger partial charge on any atom is -0.330 e. The first kappa shape index (κ1) is 9.76. The molecule has 5 heteroatoms. The number of nitrogens with two attached hydrogens (primary N) is 1. The van der Waals surface area contributed by atoms with Crippen molar-refractivity contribution in [3.63, 3.8) is 0 Å². The Balaban J connectivity index is 2.24. The van der Waals surface area contributed by atoms with E-state index >= 15 is 0 Å². The summed E-state index contributed by atoms with van der Waals surface area (Å²) < 4.78 is 0. The molecule has 2 N–H and O–H groups in total. The smallest absolute Gasteiger partial charge is 0.152 e. The standard InChI is InChI=1S/C9H11N3S2/c1-6-4-13-8(11-6)9-12-7(2-3-10)5-14-9/h4-5H,2-3,10H2,1H3. The Kier molecular flexibility index (Phi) is 2.90. The van der Waals surface area contributed by atoms with Gasteiger partial charge in [-0.25, -0.2) is 9.97 Å². The lowest BCUT2D eigenvalue weighted by atomic mass is 10.3. The van der Waals surface area contributed by atoms with Gasteiger partial charge < -0.3 is 5.73 Å². The number of nitrogens with zero attached hydrogens (tertiary/aromatic N) is 2. The summed E-state index contributed by atoms with van der Waals surface area (Å²) in [4.78, 5) is 8.86. The molecule has 0 unspecified atom stereocenters. The number of aryl methyl sites for hydroxylation is 1. The Morgan fingerprint density at radius 2 is 1.93 bits per heavy atom. The second kappa shape index (κ2) is 4.16. The summed E-state index contributed by atoms with van der Waals surface area (Å²) in [5.74, 6) is 0. The molecule has 0 atom stereocenters. The van der Waals surface area contributed by atoms with Crippen molar-refractivity contribution in [1.29, 1.82) is 0 Å². The fourth-order valence-electron chi connectivity index (χ4n) is 1.12. The average molecular weight is 225 g/mol. The van der Waals surface area contributed by atoms with Crippen LogP contribution in [0.5, 0.6) is 0 Å². The van der Waals surface area contributed by atoms with Crippen LogP contribution in [0.1, 0.15) is 11.4 Å². The van der Waals surface area contributed by atoms with E-state index in [0.29, 0.717) is 6.54 Å². The number of rotatable bonds is 3. The van der Waals surface area contributed by atoms with Crippen LogP contribution in [0.4, 0.5) is 0 Å². The van der Waals surface area contributed by atoms with Crippen molar-refractivity contribution in [2.75, 3.05) is 6.54 Å². The van der Waals surface area contributed by atoms with Crippen LogP contribution in [0.25, 0.3) is 10.0 Å². The molecule has 0 amide bonds. The van der Waals surface area contributed by atoms with Gasteiger partial charge in [0.15, 0.2) is 10.0 Å². The Labute approximate surface area is 90.6 Å². The van der Waals surface area contributed by atoms with Crippen molar-refractivity contribution >= 4 is 22.7 Å². The van der Waals surface area contributed by atoms with Gasteiger partial charge in [-0.2, -0.15) is 0 Å². The molecular weight excluding hydrogens is 214 g/mol. The Morgan fingerprint density at radius 1 is 1.21 bits per heavy atom. The highest BCUT2D eigenvalue weighted by Crippen LogP contribution is 2.26. The van der Waals surface area contributed by atoms with Crippen LogP contribution in [-0.4, -0.2) is 16.5 Å². The predicted octanol–water partition coefficient (Wildman–Crippen LogP) is 2.08. The fourth-order valence-corrected chi connectivity index (χ4v) is 2.82. The lowest BCUT2D eigenvalue weighted by Crippen LogP contribution is -2.02. The number of hydrogen-bond donors (Lipinski definition) is 1. The summed E-state index contributed by atoms with van der Waals surface area (Å²) in [7, 11) is 0. The van der Waals surface area contributed by atoms with E-state index in [-0.39, 0.29) is 0 Å². The zero-order valence-corrected chi connectivity index (χ0v) is 9.49. The van der Waals surface area contributed by atoms with Crippen LogP contribution >= 0.6 is 22.7 Å². The van der Waals surface area contributed by atoms with Gasteiger partial charge in [-0.05, 0) is 13.5 Å². The first-order valence-electron chi connectivity index (χ1n) is 4.36. The molecule has 74 valence electrons. The van der Waals surface area contributed by atoms with E-state index in [2.05, 4.69) is 15.3 Å². The van der Waals surface area contributed by atoms with Crippen molar-refractivity contribution < 1.29 is 0 Å². The van der Waals surface area contributed by atoms with E-state index in [4.69, 9.17) is 5.73 Å². The zero-order valence-electron chi connectivity index (χ0n) is 7.86. The van der Waals surface area contributed by atoms with Gasteiger partial charge in [-0.15, -0.1) is 22.7 Å². The first-order valence-corrected chi connectivity index (χ1v) is 6.12. The van der Waals surface area contributed by atoms with E-state index in [1.54, 1.807) is 22.7 Å². The summed E-state index contributed by atoms with van der Waals surface area (Å²) in [5.41, 5.74) is 7.59. The second-order valence-electron chi connectivity index (χ2n) is 2.98. The molecule has 2 aromatic rings. The maximum atomic E-state index is 5.46. The van der Waals surface area contributed by atoms with E-state index < -0.39 is 0 Å². The summed E-state index contributed by atoms with van der Waals surface area (Å²) in [6.07, 6.45) is 0.848. The third-order valence-electron chi connectivity index (χ3n) is 1.75. The molecule has 0 radical (unpaired) electrons. The van der Waals surface area contributed by atoms with Crippen molar-refractivity contribution in [1.82, 2.24) is 9.97 Å². The third kappa shape index (κ3) is 2.00. The van der Waals surface area contributed by atoms with Gasteiger partial charge >= 0.3 is 0 Å². The minimum atomic E-state index is 0.653. The largest absolute Gasteiger partial charge is 0.330 e. The normalized spacial score (nSPS) is 10.7. The van der Waals surface area contributed by atoms with Crippen LogP contribution in [0.3, 0.4) is 0 Å². The highest BCUT2D eigenvalue weighted by Gasteiger charge is 2.07. The van der Waals surface area contributed by atoms with Crippen LogP contribution in [0.2, 0.25) is 0 Å². The fraction of sp³-hybridized carbons (Fsp3) is 0.333. The van der Waals surface area contributed by atoms with Gasteiger partial charge in [0, 0.05) is 22.9 Å². The molecule has 0 aromatic carbocycles. The molecule has 0 aliphatic carbocycles. The summed E-state index contributed by atoms with van der Waals surface area (Å²) in [6.45, 7) is 2.65. The van der Waals surface area contributed by atoms with Crippen LogP contribution in [0.15, 0.2) is 10.8 Å². The van der Waals surface area contributed by atoms with E-state index in [0.717, 1.165) is 27.8 Å². The van der Waals surface area contributed by atoms with E-state index in [1.165, 1.54) is 0 Å². The van der Waals surface area contributed by atoms with Gasteiger partial charge in [0.25, 0.3) is 0 Å². The van der Waals surface area contributed by atoms with Gasteiger partial charge in [-0.3, -0.25) is 0 Å². The maximum absolute atomic E-state index is 5.46. The van der Waals surface area contributed by atoms with Crippen LogP contribution in [0, 0.1) is 6.92 Å². The van der Waals surface area contributed by atoms with Crippen LogP contribution in [-0.2, 0) is 6.42 Å². The Hall–Kier alpha value is -0.780. The van der Waals surface area contributed by atoms with Gasteiger partial charge in [-0.1, -0.05) is 0 Å². The molecule has 0 saturated carbocycles. The van der Waals surface area contributed by atoms with E-state index in [9.17, 15) is 0 Å². The molecule has 2 heterocycles. The molecular formula is C9H11N3S2. The quantitative estimate of drug-likeness (QED) is 0.870. The average Bonchev–Trinajstić information content (AvgIpc) is 2.74. The van der Waals surface area contributed by atoms with Crippen molar-refractivity contribution in [3.8, 4) is 10.0 Å². The summed E-state index contributed by atoms with van der Waals surface area (Å²) in [6, 6.07) is 0. The highest BCUT2D eigenvalue weighted by molar-refractivity contribution is 7.19. The highest BCUT2D eigenvalue weighted by atomic mass is 32.1.